The van der Waals surface area contributed by atoms with Crippen LogP contribution >= 0.6 is 11.3 Å². The Labute approximate surface area is 108 Å². The molecule has 0 unspecified atom stereocenters. The van der Waals surface area contributed by atoms with Gasteiger partial charge in [-0.25, -0.2) is 0 Å². The summed E-state index contributed by atoms with van der Waals surface area (Å²) in [6.07, 6.45) is 0. The number of hydrogen-bond acceptors (Lipinski definition) is 3. The summed E-state index contributed by atoms with van der Waals surface area (Å²) in [5, 5.41) is 0. The predicted molar refractivity (Wildman–Crippen MR) is 72.7 cm³/mol. The van der Waals surface area contributed by atoms with E-state index in [1.807, 2.05) is 11.3 Å². The molecule has 2 heterocycles. The molecule has 2 nitrogen and oxygen atoms in total. The van der Waals surface area contributed by atoms with Crippen LogP contribution < -0.4 is 9.47 Å². The van der Waals surface area contributed by atoms with Crippen molar-refractivity contribution in [1.29, 1.82) is 0 Å². The van der Waals surface area contributed by atoms with Crippen LogP contribution in [-0.2, 0) is 10.8 Å². The lowest BCUT2D eigenvalue weighted by molar-refractivity contribution is 0.167. The maximum Gasteiger partial charge on any atom is 0.176 e. The molecule has 1 aliphatic heterocycles. The Morgan fingerprint density at radius 2 is 1.12 bits per heavy atom. The van der Waals surface area contributed by atoms with E-state index in [-0.39, 0.29) is 10.8 Å². The highest BCUT2D eigenvalue weighted by atomic mass is 32.1. The van der Waals surface area contributed by atoms with Gasteiger partial charge in [0.2, 0.25) is 0 Å². The van der Waals surface area contributed by atoms with Gasteiger partial charge in [-0.3, -0.25) is 0 Å². The standard InChI is InChI=1S/C14H22O2S/c1-13(2,3)11-9-10(16-8-7-15-9)12(17-11)14(4,5)6/h7-8H2,1-6H3. The third-order valence-electron chi connectivity index (χ3n) is 2.76. The zero-order valence-electron chi connectivity index (χ0n) is 11.6. The first-order valence-corrected chi connectivity index (χ1v) is 6.96. The molecule has 0 spiro atoms. The van der Waals surface area contributed by atoms with Crippen LogP contribution in [-0.4, -0.2) is 13.2 Å². The number of fused-ring (bicyclic) bond motifs is 1. The molecule has 0 radical (unpaired) electrons. The monoisotopic (exact) mass is 254 g/mol. The lowest BCUT2D eigenvalue weighted by Gasteiger charge is -2.23. The molecule has 0 fully saturated rings. The van der Waals surface area contributed by atoms with E-state index in [4.69, 9.17) is 9.47 Å². The molecule has 0 saturated carbocycles. The van der Waals surface area contributed by atoms with E-state index >= 15 is 0 Å². The first kappa shape index (κ1) is 12.7. The highest BCUT2D eigenvalue weighted by molar-refractivity contribution is 7.13. The fourth-order valence-electron chi connectivity index (χ4n) is 1.94. The van der Waals surface area contributed by atoms with Crippen molar-refractivity contribution in [1.82, 2.24) is 0 Å². The lowest BCUT2D eigenvalue weighted by atomic mass is 9.91. The van der Waals surface area contributed by atoms with Crippen molar-refractivity contribution < 1.29 is 9.47 Å². The second-order valence-electron chi connectivity index (χ2n) is 6.62. The zero-order valence-corrected chi connectivity index (χ0v) is 12.5. The fraction of sp³-hybridized carbons (Fsp3) is 0.714. The van der Waals surface area contributed by atoms with Gasteiger partial charge in [-0.05, 0) is 0 Å². The number of hydrogen-bond donors (Lipinski definition) is 0. The summed E-state index contributed by atoms with van der Waals surface area (Å²) >= 11 is 1.84. The zero-order chi connectivity index (χ0) is 12.8. The van der Waals surface area contributed by atoms with E-state index in [9.17, 15) is 0 Å². The summed E-state index contributed by atoms with van der Waals surface area (Å²) in [5.74, 6) is 1.97. The molecule has 0 aliphatic carbocycles. The highest BCUT2D eigenvalue weighted by Crippen LogP contribution is 2.52. The molecule has 2 rings (SSSR count). The average molecular weight is 254 g/mol. The maximum atomic E-state index is 5.84. The van der Waals surface area contributed by atoms with Gasteiger partial charge in [-0.1, -0.05) is 41.5 Å². The molecule has 1 aromatic rings. The lowest BCUT2D eigenvalue weighted by Crippen LogP contribution is -2.19. The van der Waals surface area contributed by atoms with Gasteiger partial charge in [0.1, 0.15) is 13.2 Å². The van der Waals surface area contributed by atoms with E-state index in [1.165, 1.54) is 9.75 Å². The van der Waals surface area contributed by atoms with E-state index in [0.717, 1.165) is 11.5 Å². The minimum atomic E-state index is 0.110. The summed E-state index contributed by atoms with van der Waals surface area (Å²) < 4.78 is 11.7. The molecule has 0 N–H and O–H groups in total. The fourth-order valence-corrected chi connectivity index (χ4v) is 3.24. The highest BCUT2D eigenvalue weighted by Gasteiger charge is 2.34. The van der Waals surface area contributed by atoms with Gasteiger partial charge >= 0.3 is 0 Å². The predicted octanol–water partition coefficient (Wildman–Crippen LogP) is 4.11. The Bertz CT molecular complexity index is 380. The van der Waals surface area contributed by atoms with Crippen molar-refractivity contribution in [3.63, 3.8) is 0 Å². The average Bonchev–Trinajstić information content (AvgIpc) is 2.55. The minimum absolute atomic E-state index is 0.110. The number of ether oxygens (including phenoxy) is 2. The number of thiophene rings is 1. The molecule has 17 heavy (non-hydrogen) atoms. The Morgan fingerprint density at radius 3 is 1.41 bits per heavy atom. The third-order valence-corrected chi connectivity index (χ3v) is 4.77. The maximum absolute atomic E-state index is 5.84. The van der Waals surface area contributed by atoms with Crippen LogP contribution in [0.15, 0.2) is 0 Å². The molecule has 96 valence electrons. The van der Waals surface area contributed by atoms with Crippen molar-refractivity contribution in [2.24, 2.45) is 0 Å². The Balaban J connectivity index is 2.60. The molecule has 1 aromatic heterocycles. The molecule has 0 amide bonds. The van der Waals surface area contributed by atoms with Crippen LogP contribution in [0.5, 0.6) is 11.5 Å². The van der Waals surface area contributed by atoms with E-state index in [0.29, 0.717) is 13.2 Å². The van der Waals surface area contributed by atoms with Crippen molar-refractivity contribution in [2.75, 3.05) is 13.2 Å². The molecular weight excluding hydrogens is 232 g/mol. The van der Waals surface area contributed by atoms with E-state index in [2.05, 4.69) is 41.5 Å². The quantitative estimate of drug-likeness (QED) is 0.693. The first-order valence-electron chi connectivity index (χ1n) is 6.14. The molecule has 0 aromatic carbocycles. The third kappa shape index (κ3) is 2.30. The van der Waals surface area contributed by atoms with Crippen molar-refractivity contribution in [3.8, 4) is 11.5 Å². The van der Waals surface area contributed by atoms with Crippen LogP contribution in [0, 0.1) is 0 Å². The summed E-state index contributed by atoms with van der Waals surface area (Å²) in [6, 6.07) is 0. The Kier molecular flexibility index (Phi) is 2.93. The Hall–Kier alpha value is -0.700. The van der Waals surface area contributed by atoms with E-state index < -0.39 is 0 Å². The smallest absolute Gasteiger partial charge is 0.176 e. The van der Waals surface area contributed by atoms with Crippen LogP contribution in [0.2, 0.25) is 0 Å². The largest absolute Gasteiger partial charge is 0.485 e. The number of rotatable bonds is 0. The molecular formula is C14H22O2S. The molecule has 3 heteroatoms. The Morgan fingerprint density at radius 1 is 0.765 bits per heavy atom. The summed E-state index contributed by atoms with van der Waals surface area (Å²) in [5.41, 5.74) is 0.220. The first-order chi connectivity index (χ1) is 7.71. The van der Waals surface area contributed by atoms with Crippen molar-refractivity contribution in [3.05, 3.63) is 9.75 Å². The van der Waals surface area contributed by atoms with Gasteiger partial charge in [0.25, 0.3) is 0 Å². The van der Waals surface area contributed by atoms with Gasteiger partial charge in [0.15, 0.2) is 11.5 Å². The van der Waals surface area contributed by atoms with Crippen LogP contribution in [0.3, 0.4) is 0 Å². The second kappa shape index (κ2) is 3.91. The SMILES string of the molecule is CC(C)(C)c1sc(C(C)(C)C)c2c1OCCO2. The van der Waals surface area contributed by atoms with Crippen molar-refractivity contribution in [2.45, 2.75) is 52.4 Å². The van der Waals surface area contributed by atoms with Gasteiger partial charge in [0.05, 0.1) is 9.75 Å². The topological polar surface area (TPSA) is 18.5 Å². The summed E-state index contributed by atoms with van der Waals surface area (Å²) in [6.45, 7) is 14.7. The van der Waals surface area contributed by atoms with Crippen LogP contribution in [0.1, 0.15) is 51.3 Å². The van der Waals surface area contributed by atoms with Gasteiger partial charge < -0.3 is 9.47 Å². The normalized spacial score (nSPS) is 16.1. The van der Waals surface area contributed by atoms with Crippen LogP contribution in [0.25, 0.3) is 0 Å². The summed E-state index contributed by atoms with van der Waals surface area (Å²) in [4.78, 5) is 2.61. The van der Waals surface area contributed by atoms with Gasteiger partial charge in [0, 0.05) is 10.8 Å². The summed E-state index contributed by atoms with van der Waals surface area (Å²) in [7, 11) is 0. The van der Waals surface area contributed by atoms with Crippen molar-refractivity contribution >= 4 is 11.3 Å². The minimum Gasteiger partial charge on any atom is -0.485 e. The molecule has 0 bridgehead atoms. The van der Waals surface area contributed by atoms with Crippen LogP contribution in [0.4, 0.5) is 0 Å². The molecule has 1 aliphatic rings. The van der Waals surface area contributed by atoms with Gasteiger partial charge in [-0.15, -0.1) is 11.3 Å². The molecule has 0 atom stereocenters. The van der Waals surface area contributed by atoms with E-state index in [1.54, 1.807) is 0 Å². The van der Waals surface area contributed by atoms with Gasteiger partial charge in [-0.2, -0.15) is 0 Å². The second-order valence-corrected chi connectivity index (χ2v) is 7.64. The molecule has 0 saturated heterocycles.